The first-order valence-electron chi connectivity index (χ1n) is 9.97. The van der Waals surface area contributed by atoms with Gasteiger partial charge in [-0.2, -0.15) is 12.8 Å². The highest BCUT2D eigenvalue weighted by Crippen LogP contribution is 2.26. The second kappa shape index (κ2) is 8.43. The van der Waals surface area contributed by atoms with E-state index in [1.807, 2.05) is 32.0 Å². The van der Waals surface area contributed by atoms with E-state index in [0.717, 1.165) is 16.8 Å². The molecule has 0 aromatic heterocycles. The van der Waals surface area contributed by atoms with Crippen molar-refractivity contribution in [1.82, 2.24) is 0 Å². The Morgan fingerprint density at radius 3 is 2.22 bits per heavy atom. The molecule has 0 spiro atoms. The number of methoxy groups -OCH3 is 1. The van der Waals surface area contributed by atoms with Gasteiger partial charge in [0.2, 0.25) is 5.78 Å². The number of rotatable bonds is 5. The average Bonchev–Trinajstić information content (AvgIpc) is 2.79. The van der Waals surface area contributed by atoms with Gasteiger partial charge in [-0.25, -0.2) is 0 Å². The van der Waals surface area contributed by atoms with Crippen LogP contribution in [0.3, 0.4) is 0 Å². The lowest BCUT2D eigenvalue weighted by atomic mass is 9.92. The van der Waals surface area contributed by atoms with Crippen molar-refractivity contribution in [2.75, 3.05) is 12.4 Å². The van der Waals surface area contributed by atoms with E-state index in [1.54, 1.807) is 36.4 Å². The summed E-state index contributed by atoms with van der Waals surface area (Å²) in [6, 6.07) is 18.6. The quantitative estimate of drug-likeness (QED) is 0.615. The van der Waals surface area contributed by atoms with Crippen molar-refractivity contribution in [1.29, 1.82) is 0 Å². The molecular weight excluding hydrogens is 424 g/mol. The number of aryl methyl sites for hydroxylation is 2. The molecule has 0 radical (unpaired) electrons. The van der Waals surface area contributed by atoms with Crippen LogP contribution < -0.4 is 10.1 Å². The molecule has 0 heterocycles. The summed E-state index contributed by atoms with van der Waals surface area (Å²) in [7, 11) is -2.50. The average molecular weight is 447 g/mol. The molecule has 0 aliphatic heterocycles. The van der Waals surface area contributed by atoms with Crippen LogP contribution in [0.1, 0.15) is 27.0 Å². The van der Waals surface area contributed by atoms with Gasteiger partial charge in [0.15, 0.2) is 0 Å². The first-order chi connectivity index (χ1) is 15.3. The summed E-state index contributed by atoms with van der Waals surface area (Å²) in [5, 5.41) is 3.13. The van der Waals surface area contributed by atoms with Crippen molar-refractivity contribution in [3.05, 3.63) is 101 Å². The molecule has 1 aliphatic rings. The highest BCUT2D eigenvalue weighted by atomic mass is 32.2. The van der Waals surface area contributed by atoms with Crippen LogP contribution in [0, 0.1) is 13.8 Å². The third kappa shape index (κ3) is 4.20. The third-order valence-electron chi connectivity index (χ3n) is 5.34. The van der Waals surface area contributed by atoms with Crippen LogP contribution in [0.15, 0.2) is 87.8 Å². The summed E-state index contributed by atoms with van der Waals surface area (Å²) in [6.07, 6.45) is 1.49. The van der Waals surface area contributed by atoms with Crippen LogP contribution in [0.5, 0.6) is 5.75 Å². The van der Waals surface area contributed by atoms with Crippen LogP contribution in [0.4, 0.5) is 5.69 Å². The molecule has 3 aromatic carbocycles. The number of anilines is 1. The van der Waals surface area contributed by atoms with Crippen LogP contribution in [0.25, 0.3) is 0 Å². The Balaban J connectivity index is 1.79. The minimum Gasteiger partial charge on any atom is -0.497 e. The lowest BCUT2D eigenvalue weighted by Gasteiger charge is -2.19. The Morgan fingerprint density at radius 2 is 1.56 bits per heavy atom. The molecule has 0 unspecified atom stereocenters. The molecule has 0 saturated carbocycles. The highest BCUT2D eigenvalue weighted by molar-refractivity contribution is 7.90. The minimum atomic E-state index is -4.00. The molecule has 0 bridgehead atoms. The van der Waals surface area contributed by atoms with Crippen molar-refractivity contribution in [2.24, 2.45) is 4.40 Å². The van der Waals surface area contributed by atoms with Crippen molar-refractivity contribution in [3.8, 4) is 5.75 Å². The molecule has 0 fully saturated rings. The second-order valence-electron chi connectivity index (χ2n) is 7.48. The fourth-order valence-corrected chi connectivity index (χ4v) is 4.40. The summed E-state index contributed by atoms with van der Waals surface area (Å²) >= 11 is 0. The molecule has 6 nitrogen and oxygen atoms in total. The van der Waals surface area contributed by atoms with Crippen molar-refractivity contribution in [2.45, 2.75) is 18.7 Å². The molecule has 7 heteroatoms. The van der Waals surface area contributed by atoms with Crippen molar-refractivity contribution >= 4 is 27.2 Å². The van der Waals surface area contributed by atoms with E-state index in [-0.39, 0.29) is 22.1 Å². The van der Waals surface area contributed by atoms with Crippen molar-refractivity contribution in [3.63, 3.8) is 0 Å². The number of hydrogen-bond donors (Lipinski definition) is 1. The van der Waals surface area contributed by atoms with Gasteiger partial charge >= 0.3 is 0 Å². The fraction of sp³-hybridized carbons (Fsp3) is 0.120. The molecule has 162 valence electrons. The van der Waals surface area contributed by atoms with E-state index < -0.39 is 10.0 Å². The molecule has 0 saturated heterocycles. The zero-order chi connectivity index (χ0) is 22.9. The number of benzene rings is 3. The standard InChI is InChI=1S/C25H22N2O4S/c1-16-8-9-18(14-17(16)2)26-24-15-23(21-6-4-5-7-22(21)25(24)28)27-32(29,30)20-12-10-19(31-3)11-13-20/h4-15,26H,1-3H3. The molecule has 0 amide bonds. The highest BCUT2D eigenvalue weighted by Gasteiger charge is 2.26. The number of allylic oxidation sites excluding steroid dienone is 2. The number of carbonyl (C=O) groups excluding carboxylic acids is 1. The molecule has 0 atom stereocenters. The predicted octanol–water partition coefficient (Wildman–Crippen LogP) is 4.68. The first kappa shape index (κ1) is 21.5. The fourth-order valence-electron chi connectivity index (χ4n) is 3.40. The van der Waals surface area contributed by atoms with Gasteiger partial charge < -0.3 is 10.1 Å². The van der Waals surface area contributed by atoms with E-state index in [1.165, 1.54) is 25.3 Å². The SMILES string of the molecule is COc1ccc(S(=O)(=O)N=C2C=C(Nc3ccc(C)c(C)c3)C(=O)c3ccccc32)cc1. The topological polar surface area (TPSA) is 84.8 Å². The molecule has 32 heavy (non-hydrogen) atoms. The Kier molecular flexibility index (Phi) is 5.67. The summed E-state index contributed by atoms with van der Waals surface area (Å²) in [5.41, 5.74) is 4.28. The van der Waals surface area contributed by atoms with E-state index in [0.29, 0.717) is 16.9 Å². The number of sulfonamides is 1. The predicted molar refractivity (Wildman–Crippen MR) is 125 cm³/mol. The summed E-state index contributed by atoms with van der Waals surface area (Å²) in [4.78, 5) is 13.1. The molecule has 4 rings (SSSR count). The van der Waals surface area contributed by atoms with E-state index >= 15 is 0 Å². The largest absolute Gasteiger partial charge is 0.497 e. The van der Waals surface area contributed by atoms with Gasteiger partial charge in [-0.05, 0) is 67.4 Å². The van der Waals surface area contributed by atoms with Crippen molar-refractivity contribution < 1.29 is 17.9 Å². The van der Waals surface area contributed by atoms with Crippen LogP contribution >= 0.6 is 0 Å². The minimum absolute atomic E-state index is 0.0391. The number of nitrogens with one attached hydrogen (secondary N) is 1. The monoisotopic (exact) mass is 446 g/mol. The Labute approximate surface area is 187 Å². The summed E-state index contributed by atoms with van der Waals surface area (Å²) < 4.78 is 35.1. The van der Waals surface area contributed by atoms with Gasteiger partial charge in [-0.15, -0.1) is 0 Å². The maximum absolute atomic E-state index is 13.1. The molecule has 3 aromatic rings. The van der Waals surface area contributed by atoms with Crippen LogP contribution in [0.2, 0.25) is 0 Å². The van der Waals surface area contributed by atoms with Gasteiger partial charge in [-0.1, -0.05) is 30.3 Å². The normalized spacial score (nSPS) is 14.7. The van der Waals surface area contributed by atoms with Crippen LogP contribution in [-0.2, 0) is 10.0 Å². The summed E-state index contributed by atoms with van der Waals surface area (Å²) in [5.74, 6) is 0.324. The zero-order valence-corrected chi connectivity index (χ0v) is 18.7. The molecule has 1 aliphatic carbocycles. The third-order valence-corrected chi connectivity index (χ3v) is 6.64. The second-order valence-corrected chi connectivity index (χ2v) is 9.09. The lowest BCUT2D eigenvalue weighted by molar-refractivity contribution is 0.103. The van der Waals surface area contributed by atoms with Crippen LogP contribution in [-0.4, -0.2) is 27.0 Å². The molecule has 1 N–H and O–H groups in total. The van der Waals surface area contributed by atoms with Gasteiger partial charge in [0.05, 0.1) is 23.4 Å². The summed E-state index contributed by atoms with van der Waals surface area (Å²) in [6.45, 7) is 4.00. The smallest absolute Gasteiger partial charge is 0.282 e. The number of hydrogen-bond acceptors (Lipinski definition) is 5. The van der Waals surface area contributed by atoms with Gasteiger partial charge in [0.1, 0.15) is 5.75 Å². The number of ether oxygens (including phenoxy) is 1. The molecular formula is C25H22N2O4S. The van der Waals surface area contributed by atoms with Gasteiger partial charge in [-0.3, -0.25) is 4.79 Å². The maximum Gasteiger partial charge on any atom is 0.282 e. The number of ketones is 1. The number of Topliss-reactive ketones (excluding diaryl/α,β-unsaturated/α-hetero) is 1. The lowest BCUT2D eigenvalue weighted by Crippen LogP contribution is -2.22. The Bertz CT molecular complexity index is 1370. The van der Waals surface area contributed by atoms with E-state index in [2.05, 4.69) is 9.71 Å². The first-order valence-corrected chi connectivity index (χ1v) is 11.4. The Hall–Kier alpha value is -3.71. The number of nitrogens with zero attached hydrogens (tertiary/aromatic N) is 1. The maximum atomic E-state index is 13.1. The number of fused-ring (bicyclic) bond motifs is 1. The number of carbonyl (C=O) groups is 1. The van der Waals surface area contributed by atoms with Gasteiger partial charge in [0, 0.05) is 16.8 Å². The zero-order valence-electron chi connectivity index (χ0n) is 17.9. The van der Waals surface area contributed by atoms with E-state index in [4.69, 9.17) is 4.74 Å². The Morgan fingerprint density at radius 1 is 0.875 bits per heavy atom. The van der Waals surface area contributed by atoms with Gasteiger partial charge in [0.25, 0.3) is 10.0 Å². The van der Waals surface area contributed by atoms with E-state index in [9.17, 15) is 13.2 Å².